The first-order valence-corrected chi connectivity index (χ1v) is 7.42. The van der Waals surface area contributed by atoms with E-state index in [0.717, 1.165) is 31.0 Å². The maximum Gasteiger partial charge on any atom is 0.0488 e. The van der Waals surface area contributed by atoms with Crippen LogP contribution in [0, 0.1) is 12.8 Å². The molecular formula is C16H26ClNO. The monoisotopic (exact) mass is 283 g/mol. The van der Waals surface area contributed by atoms with Crippen molar-refractivity contribution in [3.8, 4) is 0 Å². The smallest absolute Gasteiger partial charge is 0.0488 e. The highest BCUT2D eigenvalue weighted by atomic mass is 35.5. The van der Waals surface area contributed by atoms with Crippen molar-refractivity contribution in [3.63, 3.8) is 0 Å². The lowest BCUT2D eigenvalue weighted by molar-refractivity contribution is 0.149. The predicted molar refractivity (Wildman–Crippen MR) is 83.0 cm³/mol. The van der Waals surface area contributed by atoms with E-state index in [9.17, 15) is 0 Å². The van der Waals surface area contributed by atoms with E-state index in [1.54, 1.807) is 7.11 Å². The molecule has 0 spiro atoms. The number of methoxy groups -OCH3 is 1. The summed E-state index contributed by atoms with van der Waals surface area (Å²) in [5.74, 6) is 0.554. The van der Waals surface area contributed by atoms with Crippen molar-refractivity contribution in [1.29, 1.82) is 0 Å². The number of hydrogen-bond donors (Lipinski definition) is 1. The van der Waals surface area contributed by atoms with Gasteiger partial charge < -0.3 is 10.1 Å². The summed E-state index contributed by atoms with van der Waals surface area (Å²) in [6.45, 7) is 8.23. The molecule has 2 nitrogen and oxygen atoms in total. The summed E-state index contributed by atoms with van der Waals surface area (Å²) in [5, 5.41) is 4.43. The van der Waals surface area contributed by atoms with Gasteiger partial charge in [-0.05, 0) is 49.4 Å². The minimum absolute atomic E-state index is 0.454. The summed E-state index contributed by atoms with van der Waals surface area (Å²) in [4.78, 5) is 0. The Morgan fingerprint density at radius 2 is 2.11 bits per heavy atom. The Morgan fingerprint density at radius 1 is 1.37 bits per heavy atom. The van der Waals surface area contributed by atoms with Gasteiger partial charge in [-0.3, -0.25) is 0 Å². The Kier molecular flexibility index (Phi) is 7.44. The Morgan fingerprint density at radius 3 is 2.68 bits per heavy atom. The third kappa shape index (κ3) is 5.94. The van der Waals surface area contributed by atoms with E-state index < -0.39 is 0 Å². The first-order chi connectivity index (χ1) is 9.06. The molecule has 0 saturated carbocycles. The molecule has 0 aliphatic heterocycles. The molecule has 1 aromatic rings. The number of nitrogens with one attached hydrogen (secondary N) is 1. The van der Waals surface area contributed by atoms with E-state index in [1.165, 1.54) is 11.1 Å². The molecule has 0 radical (unpaired) electrons. The molecule has 3 heteroatoms. The highest BCUT2D eigenvalue weighted by Gasteiger charge is 2.14. The van der Waals surface area contributed by atoms with Crippen LogP contribution in [0.25, 0.3) is 0 Å². The maximum atomic E-state index is 6.32. The Labute approximate surface area is 122 Å². The van der Waals surface area contributed by atoms with E-state index in [2.05, 4.69) is 38.2 Å². The van der Waals surface area contributed by atoms with E-state index >= 15 is 0 Å². The molecule has 0 amide bonds. The van der Waals surface area contributed by atoms with Gasteiger partial charge in [0, 0.05) is 24.8 Å². The number of halogens is 1. The summed E-state index contributed by atoms with van der Waals surface area (Å²) < 4.78 is 5.22. The van der Waals surface area contributed by atoms with Crippen LogP contribution in [0.2, 0.25) is 5.02 Å². The topological polar surface area (TPSA) is 21.3 Å². The molecule has 0 aliphatic carbocycles. The third-order valence-electron chi connectivity index (χ3n) is 3.31. The molecule has 0 aliphatic rings. The summed E-state index contributed by atoms with van der Waals surface area (Å²) in [6, 6.07) is 6.76. The fourth-order valence-electron chi connectivity index (χ4n) is 2.45. The van der Waals surface area contributed by atoms with Gasteiger partial charge in [-0.2, -0.15) is 0 Å². The van der Waals surface area contributed by atoms with Gasteiger partial charge in [0.1, 0.15) is 0 Å². The molecule has 2 atom stereocenters. The van der Waals surface area contributed by atoms with Gasteiger partial charge in [0.2, 0.25) is 0 Å². The average Bonchev–Trinajstić information content (AvgIpc) is 2.33. The Bertz CT molecular complexity index is 381. The summed E-state index contributed by atoms with van der Waals surface area (Å²) >= 11 is 6.32. The second-order valence-electron chi connectivity index (χ2n) is 5.35. The van der Waals surface area contributed by atoms with Crippen LogP contribution in [0.5, 0.6) is 0 Å². The number of rotatable bonds is 8. The molecule has 0 heterocycles. The SMILES string of the molecule is CCNC(Cc1ccc(C)cc1Cl)CC(C)COC. The molecule has 19 heavy (non-hydrogen) atoms. The van der Waals surface area contributed by atoms with Crippen LogP contribution in [0.3, 0.4) is 0 Å². The van der Waals surface area contributed by atoms with Crippen LogP contribution < -0.4 is 5.32 Å². The zero-order valence-corrected chi connectivity index (χ0v) is 13.3. The van der Waals surface area contributed by atoms with E-state index in [0.29, 0.717) is 12.0 Å². The van der Waals surface area contributed by atoms with Crippen LogP contribution >= 0.6 is 11.6 Å². The third-order valence-corrected chi connectivity index (χ3v) is 3.66. The maximum absolute atomic E-state index is 6.32. The Balaban J connectivity index is 2.66. The van der Waals surface area contributed by atoms with Crippen LogP contribution in [-0.4, -0.2) is 26.3 Å². The lowest BCUT2D eigenvalue weighted by atomic mass is 9.96. The highest BCUT2D eigenvalue weighted by molar-refractivity contribution is 6.31. The first-order valence-electron chi connectivity index (χ1n) is 7.04. The lowest BCUT2D eigenvalue weighted by Gasteiger charge is -2.22. The largest absolute Gasteiger partial charge is 0.384 e. The molecular weight excluding hydrogens is 258 g/mol. The summed E-state index contributed by atoms with van der Waals surface area (Å²) in [5.41, 5.74) is 2.43. The van der Waals surface area contributed by atoms with Gasteiger partial charge in [-0.25, -0.2) is 0 Å². The quantitative estimate of drug-likeness (QED) is 0.783. The van der Waals surface area contributed by atoms with E-state index in [4.69, 9.17) is 16.3 Å². The van der Waals surface area contributed by atoms with Gasteiger partial charge in [0.25, 0.3) is 0 Å². The number of ether oxygens (including phenoxy) is 1. The molecule has 108 valence electrons. The Hall–Kier alpha value is -0.570. The molecule has 1 N–H and O–H groups in total. The predicted octanol–water partition coefficient (Wildman–Crippen LogP) is 3.84. The van der Waals surface area contributed by atoms with Crippen molar-refractivity contribution in [2.24, 2.45) is 5.92 Å². The van der Waals surface area contributed by atoms with Gasteiger partial charge in [0.05, 0.1) is 0 Å². The van der Waals surface area contributed by atoms with Crippen molar-refractivity contribution >= 4 is 11.6 Å². The van der Waals surface area contributed by atoms with Crippen molar-refractivity contribution in [2.45, 2.75) is 39.7 Å². The average molecular weight is 284 g/mol. The van der Waals surface area contributed by atoms with Crippen LogP contribution in [0.1, 0.15) is 31.4 Å². The van der Waals surface area contributed by atoms with Gasteiger partial charge in [0.15, 0.2) is 0 Å². The second kappa shape index (κ2) is 8.57. The summed E-state index contributed by atoms with van der Waals surface area (Å²) in [7, 11) is 1.76. The van der Waals surface area contributed by atoms with Gasteiger partial charge in [-0.15, -0.1) is 0 Å². The van der Waals surface area contributed by atoms with Crippen molar-refractivity contribution in [3.05, 3.63) is 34.3 Å². The van der Waals surface area contributed by atoms with E-state index in [-0.39, 0.29) is 0 Å². The van der Waals surface area contributed by atoms with Crippen LogP contribution in [0.15, 0.2) is 18.2 Å². The zero-order chi connectivity index (χ0) is 14.3. The minimum atomic E-state index is 0.454. The lowest BCUT2D eigenvalue weighted by Crippen LogP contribution is -2.33. The van der Waals surface area contributed by atoms with Crippen LogP contribution in [-0.2, 0) is 11.2 Å². The summed E-state index contributed by atoms with van der Waals surface area (Å²) in [6.07, 6.45) is 2.08. The molecule has 0 saturated heterocycles. The van der Waals surface area contributed by atoms with Crippen LogP contribution in [0.4, 0.5) is 0 Å². The zero-order valence-electron chi connectivity index (χ0n) is 12.5. The number of likely N-dealkylation sites (N-methyl/N-ethyl adjacent to an activating group) is 1. The van der Waals surface area contributed by atoms with Gasteiger partial charge >= 0.3 is 0 Å². The normalized spacial score (nSPS) is 14.4. The van der Waals surface area contributed by atoms with Crippen molar-refractivity contribution in [2.75, 3.05) is 20.3 Å². The molecule has 0 fully saturated rings. The number of benzene rings is 1. The molecule has 2 unspecified atom stereocenters. The van der Waals surface area contributed by atoms with Gasteiger partial charge in [-0.1, -0.05) is 37.6 Å². The standard InChI is InChI=1S/C16H26ClNO/c1-5-18-15(8-13(3)11-19-4)10-14-7-6-12(2)9-16(14)17/h6-7,9,13,15,18H,5,8,10-11H2,1-4H3. The fourth-order valence-corrected chi connectivity index (χ4v) is 2.76. The minimum Gasteiger partial charge on any atom is -0.384 e. The van der Waals surface area contributed by atoms with Crippen molar-refractivity contribution in [1.82, 2.24) is 5.32 Å². The second-order valence-corrected chi connectivity index (χ2v) is 5.76. The fraction of sp³-hybridized carbons (Fsp3) is 0.625. The first kappa shape index (κ1) is 16.5. The molecule has 0 aromatic heterocycles. The number of aryl methyl sites for hydroxylation is 1. The molecule has 1 rings (SSSR count). The molecule has 0 bridgehead atoms. The highest BCUT2D eigenvalue weighted by Crippen LogP contribution is 2.21. The molecule has 1 aromatic carbocycles. The number of hydrogen-bond acceptors (Lipinski definition) is 2. The van der Waals surface area contributed by atoms with Crippen molar-refractivity contribution < 1.29 is 4.74 Å². The van der Waals surface area contributed by atoms with E-state index in [1.807, 2.05) is 6.07 Å².